The van der Waals surface area contributed by atoms with E-state index >= 15 is 0 Å². The van der Waals surface area contributed by atoms with Crippen molar-refractivity contribution in [3.05, 3.63) is 71.8 Å². The van der Waals surface area contributed by atoms with E-state index in [1.807, 2.05) is 13.1 Å². The summed E-state index contributed by atoms with van der Waals surface area (Å²) in [6, 6.07) is 15.9. The van der Waals surface area contributed by atoms with Gasteiger partial charge in [-0.3, -0.25) is 10.2 Å². The van der Waals surface area contributed by atoms with Gasteiger partial charge >= 0.3 is 18.0 Å². The van der Waals surface area contributed by atoms with Crippen molar-refractivity contribution in [2.75, 3.05) is 33.3 Å². The summed E-state index contributed by atoms with van der Waals surface area (Å²) < 4.78 is 11.2. The Kier molecular flexibility index (Phi) is 15.7. The molecule has 13 heteroatoms. The monoisotopic (exact) mass is 662 g/mol. The lowest BCUT2D eigenvalue weighted by molar-refractivity contribution is -0.142. The van der Waals surface area contributed by atoms with Gasteiger partial charge in [0.2, 0.25) is 5.91 Å². The van der Waals surface area contributed by atoms with E-state index in [9.17, 15) is 24.3 Å². The lowest BCUT2D eigenvalue weighted by Crippen LogP contribution is -2.41. The summed E-state index contributed by atoms with van der Waals surface area (Å²) in [4.78, 5) is 48.2. The Morgan fingerprint density at radius 2 is 1.44 bits per heavy atom. The summed E-state index contributed by atoms with van der Waals surface area (Å²) in [7, 11) is 1.87. The molecule has 258 valence electrons. The van der Waals surface area contributed by atoms with E-state index in [2.05, 4.69) is 21.3 Å². The number of amidine groups is 1. The number of benzene rings is 3. The van der Waals surface area contributed by atoms with Crippen LogP contribution in [0.1, 0.15) is 67.3 Å². The molecule has 8 N–H and O–H groups in total. The minimum absolute atomic E-state index is 0.0138. The molecule has 48 heavy (non-hydrogen) atoms. The van der Waals surface area contributed by atoms with Crippen molar-refractivity contribution in [2.24, 2.45) is 5.73 Å². The number of nitrogens with one attached hydrogen (secondary N) is 5. The molecule has 0 fully saturated rings. The molecule has 0 radical (unpaired) electrons. The predicted octanol–water partition coefficient (Wildman–Crippen LogP) is 3.93. The SMILES string of the molecule is CNCCCCCC(=O)NC(CCCCNC(=O)NCCCOc1ccc(C(=O)Oc2ccc3cc(C(=N)N)ccc3c2)cc1)C(=O)O. The highest BCUT2D eigenvalue weighted by atomic mass is 16.5. The van der Waals surface area contributed by atoms with Gasteiger partial charge in [0, 0.05) is 25.1 Å². The smallest absolute Gasteiger partial charge is 0.343 e. The van der Waals surface area contributed by atoms with Crippen LogP contribution in [0, 0.1) is 5.41 Å². The summed E-state index contributed by atoms with van der Waals surface area (Å²) in [6.07, 6.45) is 4.87. The van der Waals surface area contributed by atoms with Crippen molar-refractivity contribution in [3.8, 4) is 11.5 Å². The lowest BCUT2D eigenvalue weighted by atomic mass is 10.1. The third-order valence-electron chi connectivity index (χ3n) is 7.47. The number of carboxylic acid groups (broad SMARTS) is 1. The Hall–Kier alpha value is -5.17. The summed E-state index contributed by atoms with van der Waals surface area (Å²) >= 11 is 0. The zero-order valence-electron chi connectivity index (χ0n) is 27.3. The van der Waals surface area contributed by atoms with Gasteiger partial charge in [-0.1, -0.05) is 24.6 Å². The minimum atomic E-state index is -1.06. The van der Waals surface area contributed by atoms with Crippen LogP contribution in [0.3, 0.4) is 0 Å². The van der Waals surface area contributed by atoms with Crippen LogP contribution in [0.5, 0.6) is 11.5 Å². The molecule has 0 spiro atoms. The van der Waals surface area contributed by atoms with Gasteiger partial charge in [-0.05, 0) is 105 Å². The van der Waals surface area contributed by atoms with Crippen molar-refractivity contribution < 1.29 is 33.8 Å². The molecule has 0 aliphatic heterocycles. The Morgan fingerprint density at radius 3 is 2.15 bits per heavy atom. The van der Waals surface area contributed by atoms with Crippen molar-refractivity contribution in [3.63, 3.8) is 0 Å². The standard InChI is InChI=1S/C35H46N6O7/c1-38-18-5-2-3-9-31(42)41-30(33(43)44)8-4-6-19-39-35(46)40-20-7-21-47-28-15-12-24(13-16-28)34(45)48-29-17-14-25-22-27(32(36)37)11-10-26(25)23-29/h10-17,22-23,30,38H,2-9,18-21H2,1H3,(H3,36,37)(H,41,42)(H,43,44)(H2,39,40,46). The van der Waals surface area contributed by atoms with E-state index in [0.29, 0.717) is 74.4 Å². The van der Waals surface area contributed by atoms with Crippen molar-refractivity contribution >= 4 is 40.5 Å². The second-order valence-electron chi connectivity index (χ2n) is 11.3. The topological polar surface area (TPSA) is 205 Å². The van der Waals surface area contributed by atoms with Gasteiger partial charge < -0.3 is 41.6 Å². The third kappa shape index (κ3) is 13.3. The second-order valence-corrected chi connectivity index (χ2v) is 11.3. The fourth-order valence-electron chi connectivity index (χ4n) is 4.80. The molecule has 3 aromatic carbocycles. The zero-order chi connectivity index (χ0) is 34.7. The minimum Gasteiger partial charge on any atom is -0.494 e. The average molecular weight is 663 g/mol. The van der Waals surface area contributed by atoms with Crippen LogP contribution >= 0.6 is 0 Å². The average Bonchev–Trinajstić information content (AvgIpc) is 3.07. The molecule has 3 amide bonds. The number of amides is 3. The number of esters is 1. The van der Waals surface area contributed by atoms with E-state index in [-0.39, 0.29) is 17.8 Å². The highest BCUT2D eigenvalue weighted by Crippen LogP contribution is 2.23. The first-order valence-electron chi connectivity index (χ1n) is 16.2. The Balaban J connectivity index is 1.26. The predicted molar refractivity (Wildman–Crippen MR) is 184 cm³/mol. The Labute approximate surface area is 280 Å². The fourth-order valence-corrected chi connectivity index (χ4v) is 4.80. The molecule has 0 aliphatic rings. The van der Waals surface area contributed by atoms with Crippen LogP contribution in [0.15, 0.2) is 60.7 Å². The van der Waals surface area contributed by atoms with Gasteiger partial charge in [0.05, 0.1) is 12.2 Å². The molecule has 3 aromatic rings. The van der Waals surface area contributed by atoms with Crippen molar-refractivity contribution in [1.82, 2.24) is 21.3 Å². The summed E-state index contributed by atoms with van der Waals surface area (Å²) in [6.45, 7) is 2.01. The molecule has 13 nitrogen and oxygen atoms in total. The lowest BCUT2D eigenvalue weighted by Gasteiger charge is -2.14. The largest absolute Gasteiger partial charge is 0.494 e. The van der Waals surface area contributed by atoms with Crippen LogP contribution in [-0.2, 0) is 9.59 Å². The number of urea groups is 1. The van der Waals surface area contributed by atoms with Crippen LogP contribution in [0.25, 0.3) is 10.8 Å². The highest BCUT2D eigenvalue weighted by Gasteiger charge is 2.19. The second kappa shape index (κ2) is 20.1. The number of hydrogen-bond donors (Lipinski definition) is 7. The van der Waals surface area contributed by atoms with Gasteiger partial charge in [-0.15, -0.1) is 0 Å². The third-order valence-corrected chi connectivity index (χ3v) is 7.47. The number of hydrogen-bond acceptors (Lipinski definition) is 8. The molecule has 0 saturated carbocycles. The first kappa shape index (κ1) is 37.3. The maximum Gasteiger partial charge on any atom is 0.343 e. The number of ether oxygens (including phenoxy) is 2. The zero-order valence-corrected chi connectivity index (χ0v) is 27.3. The molecule has 3 rings (SSSR count). The van der Waals surface area contributed by atoms with Crippen molar-refractivity contribution in [1.29, 1.82) is 5.41 Å². The van der Waals surface area contributed by atoms with Gasteiger partial charge in [-0.25, -0.2) is 14.4 Å². The molecule has 0 aromatic heterocycles. The molecule has 0 saturated heterocycles. The summed E-state index contributed by atoms with van der Waals surface area (Å²) in [5.74, 6) is -0.866. The van der Waals surface area contributed by atoms with Crippen LogP contribution in [-0.4, -0.2) is 74.1 Å². The Bertz CT molecular complexity index is 1530. The van der Waals surface area contributed by atoms with E-state index in [1.165, 1.54) is 0 Å². The van der Waals surface area contributed by atoms with Crippen LogP contribution in [0.4, 0.5) is 4.79 Å². The van der Waals surface area contributed by atoms with E-state index in [4.69, 9.17) is 20.6 Å². The number of nitrogen functional groups attached to an aromatic ring is 1. The first-order valence-corrected chi connectivity index (χ1v) is 16.2. The quantitative estimate of drug-likeness (QED) is 0.0290. The number of carbonyl (C=O) groups excluding carboxylic acids is 3. The summed E-state index contributed by atoms with van der Waals surface area (Å²) in [5, 5.41) is 29.8. The van der Waals surface area contributed by atoms with E-state index < -0.39 is 18.0 Å². The van der Waals surface area contributed by atoms with Gasteiger partial charge in [0.25, 0.3) is 0 Å². The highest BCUT2D eigenvalue weighted by molar-refractivity contribution is 5.99. The maximum absolute atomic E-state index is 12.6. The van der Waals surface area contributed by atoms with E-state index in [1.54, 1.807) is 54.6 Å². The number of carbonyl (C=O) groups is 4. The molecule has 1 unspecified atom stereocenters. The molecule has 1 atom stereocenters. The summed E-state index contributed by atoms with van der Waals surface area (Å²) in [5.41, 5.74) is 6.54. The van der Waals surface area contributed by atoms with Gasteiger partial charge in [-0.2, -0.15) is 0 Å². The number of fused-ring (bicyclic) bond motifs is 1. The van der Waals surface area contributed by atoms with Gasteiger partial charge in [0.15, 0.2) is 0 Å². The number of carboxylic acids is 1. The molecular formula is C35H46N6O7. The van der Waals surface area contributed by atoms with Gasteiger partial charge in [0.1, 0.15) is 23.4 Å². The number of aliphatic carboxylic acids is 1. The maximum atomic E-state index is 12.6. The van der Waals surface area contributed by atoms with E-state index in [0.717, 1.165) is 36.6 Å². The number of unbranched alkanes of at least 4 members (excludes halogenated alkanes) is 3. The normalized spacial score (nSPS) is 11.4. The number of rotatable bonds is 21. The number of nitrogens with two attached hydrogens (primary N) is 1. The molecule has 0 aliphatic carbocycles. The fraction of sp³-hybridized carbons (Fsp3) is 0.400. The molecule has 0 bridgehead atoms. The first-order chi connectivity index (χ1) is 23.2. The molecule has 0 heterocycles. The van der Waals surface area contributed by atoms with Crippen molar-refractivity contribution in [2.45, 2.75) is 57.4 Å². The van der Waals surface area contributed by atoms with Crippen LogP contribution < -0.4 is 36.5 Å². The van der Waals surface area contributed by atoms with Crippen LogP contribution in [0.2, 0.25) is 0 Å². The Morgan fingerprint density at radius 1 is 0.792 bits per heavy atom. The molecular weight excluding hydrogens is 616 g/mol.